The van der Waals surface area contributed by atoms with Gasteiger partial charge >= 0.3 is 0 Å². The van der Waals surface area contributed by atoms with Crippen LogP contribution in [-0.4, -0.2) is 30.3 Å². The van der Waals surface area contributed by atoms with Crippen LogP contribution in [-0.2, 0) is 4.79 Å². The van der Waals surface area contributed by atoms with Crippen LogP contribution >= 0.6 is 11.6 Å². The molecule has 1 aromatic carbocycles. The minimum atomic E-state index is -0.0146. The summed E-state index contributed by atoms with van der Waals surface area (Å²) in [7, 11) is 1.90. The van der Waals surface area contributed by atoms with Gasteiger partial charge in [0, 0.05) is 19.5 Å². The maximum Gasteiger partial charge on any atom is 0.229 e. The molecule has 1 amide bonds. The quantitative estimate of drug-likeness (QED) is 0.520. The van der Waals surface area contributed by atoms with E-state index < -0.39 is 0 Å². The van der Waals surface area contributed by atoms with Gasteiger partial charge in [0.15, 0.2) is 0 Å². The average molecular weight is 282 g/mol. The molecular formula is C16H24ClNO. The van der Waals surface area contributed by atoms with Gasteiger partial charge in [0.1, 0.15) is 0 Å². The third-order valence-corrected chi connectivity index (χ3v) is 3.68. The van der Waals surface area contributed by atoms with Crippen LogP contribution in [0.15, 0.2) is 30.3 Å². The van der Waals surface area contributed by atoms with Crippen LogP contribution in [0.2, 0.25) is 0 Å². The summed E-state index contributed by atoms with van der Waals surface area (Å²) in [4.78, 5) is 14.3. The molecule has 0 aliphatic rings. The van der Waals surface area contributed by atoms with Gasteiger partial charge in [-0.15, -0.1) is 11.6 Å². The lowest BCUT2D eigenvalue weighted by Crippen LogP contribution is -2.32. The second-order valence-electron chi connectivity index (χ2n) is 4.88. The second kappa shape index (κ2) is 8.98. The molecule has 0 aliphatic carbocycles. The lowest BCUT2D eigenvalue weighted by Gasteiger charge is -2.23. The third kappa shape index (κ3) is 5.23. The minimum absolute atomic E-state index is 0.0146. The Morgan fingerprint density at radius 1 is 1.21 bits per heavy atom. The van der Waals surface area contributed by atoms with Gasteiger partial charge in [-0.1, -0.05) is 43.7 Å². The van der Waals surface area contributed by atoms with E-state index >= 15 is 0 Å². The van der Waals surface area contributed by atoms with Crippen LogP contribution in [0.4, 0.5) is 0 Å². The molecule has 0 fully saturated rings. The van der Waals surface area contributed by atoms with Crippen molar-refractivity contribution in [3.63, 3.8) is 0 Å². The number of unbranched alkanes of at least 4 members (excludes halogenated alkanes) is 2. The van der Waals surface area contributed by atoms with Crippen LogP contribution in [0.3, 0.4) is 0 Å². The Morgan fingerprint density at radius 3 is 2.47 bits per heavy atom. The molecule has 106 valence electrons. The minimum Gasteiger partial charge on any atom is -0.345 e. The Bertz CT molecular complexity index is 366. The van der Waals surface area contributed by atoms with Crippen molar-refractivity contribution in [1.82, 2.24) is 4.90 Å². The van der Waals surface area contributed by atoms with Crippen molar-refractivity contribution in [2.45, 2.75) is 38.5 Å². The highest BCUT2D eigenvalue weighted by Gasteiger charge is 2.21. The molecule has 0 radical (unpaired) electrons. The van der Waals surface area contributed by atoms with Crippen LogP contribution in [0.25, 0.3) is 0 Å². The number of hydrogen-bond donors (Lipinski definition) is 0. The SMILES string of the molecule is CCC(C(=O)N(C)CCCCCCl)c1ccccc1. The smallest absolute Gasteiger partial charge is 0.229 e. The monoisotopic (exact) mass is 281 g/mol. The van der Waals surface area contributed by atoms with Crippen LogP contribution in [0, 0.1) is 0 Å². The summed E-state index contributed by atoms with van der Waals surface area (Å²) < 4.78 is 0. The molecule has 0 heterocycles. The van der Waals surface area contributed by atoms with E-state index in [1.807, 2.05) is 42.3 Å². The Hall–Kier alpha value is -1.02. The first-order valence-corrected chi connectivity index (χ1v) is 7.60. The maximum absolute atomic E-state index is 12.4. The predicted octanol–water partition coefficient (Wildman–Crippen LogP) is 4.05. The Morgan fingerprint density at radius 2 is 1.89 bits per heavy atom. The molecule has 0 spiro atoms. The molecule has 0 aliphatic heterocycles. The topological polar surface area (TPSA) is 20.3 Å². The molecule has 0 bridgehead atoms. The summed E-state index contributed by atoms with van der Waals surface area (Å²) in [6.07, 6.45) is 3.98. The van der Waals surface area contributed by atoms with E-state index in [0.29, 0.717) is 5.88 Å². The van der Waals surface area contributed by atoms with E-state index in [2.05, 4.69) is 6.92 Å². The molecule has 0 aromatic heterocycles. The Labute approximate surface area is 121 Å². The van der Waals surface area contributed by atoms with E-state index in [-0.39, 0.29) is 11.8 Å². The summed E-state index contributed by atoms with van der Waals surface area (Å²) in [6, 6.07) is 10.0. The van der Waals surface area contributed by atoms with Crippen LogP contribution in [0.1, 0.15) is 44.1 Å². The van der Waals surface area contributed by atoms with Gasteiger partial charge in [0.05, 0.1) is 5.92 Å². The molecule has 3 heteroatoms. The Kier molecular flexibility index (Phi) is 7.57. The number of amides is 1. The number of carbonyl (C=O) groups is 1. The first-order chi connectivity index (χ1) is 9.20. The molecule has 2 nitrogen and oxygen atoms in total. The summed E-state index contributed by atoms with van der Waals surface area (Å²) in [5.41, 5.74) is 1.11. The fourth-order valence-corrected chi connectivity index (χ4v) is 2.42. The molecule has 0 saturated heterocycles. The van der Waals surface area contributed by atoms with E-state index in [1.54, 1.807) is 0 Å². The van der Waals surface area contributed by atoms with Crippen molar-refractivity contribution in [3.8, 4) is 0 Å². The molecule has 1 unspecified atom stereocenters. The zero-order valence-electron chi connectivity index (χ0n) is 11.9. The zero-order chi connectivity index (χ0) is 14.1. The van der Waals surface area contributed by atoms with Gasteiger partial charge in [0.2, 0.25) is 5.91 Å². The highest BCUT2D eigenvalue weighted by atomic mass is 35.5. The number of likely N-dealkylation sites (N-methyl/N-ethyl adjacent to an activating group) is 1. The number of halogens is 1. The van der Waals surface area contributed by atoms with Gasteiger partial charge in [0.25, 0.3) is 0 Å². The molecule has 1 aromatic rings. The number of benzene rings is 1. The summed E-state index contributed by atoms with van der Waals surface area (Å²) in [6.45, 7) is 2.88. The van der Waals surface area contributed by atoms with E-state index in [0.717, 1.165) is 37.8 Å². The Balaban J connectivity index is 2.54. The number of carbonyl (C=O) groups excluding carboxylic acids is 1. The molecular weight excluding hydrogens is 258 g/mol. The van der Waals surface area contributed by atoms with E-state index in [4.69, 9.17) is 11.6 Å². The van der Waals surface area contributed by atoms with Crippen molar-refractivity contribution in [2.24, 2.45) is 0 Å². The van der Waals surface area contributed by atoms with Crippen molar-refractivity contribution in [1.29, 1.82) is 0 Å². The van der Waals surface area contributed by atoms with Gasteiger partial charge in [-0.25, -0.2) is 0 Å². The fourth-order valence-electron chi connectivity index (χ4n) is 2.23. The van der Waals surface area contributed by atoms with Crippen LogP contribution in [0.5, 0.6) is 0 Å². The zero-order valence-corrected chi connectivity index (χ0v) is 12.7. The number of alkyl halides is 1. The van der Waals surface area contributed by atoms with Crippen molar-refractivity contribution >= 4 is 17.5 Å². The second-order valence-corrected chi connectivity index (χ2v) is 5.26. The van der Waals surface area contributed by atoms with E-state index in [1.165, 1.54) is 0 Å². The summed E-state index contributed by atoms with van der Waals surface area (Å²) in [5.74, 6) is 0.915. The molecule has 1 atom stereocenters. The number of rotatable bonds is 8. The van der Waals surface area contributed by atoms with E-state index in [9.17, 15) is 4.79 Å². The fraction of sp³-hybridized carbons (Fsp3) is 0.562. The van der Waals surface area contributed by atoms with Gasteiger partial charge < -0.3 is 4.90 Å². The number of nitrogens with zero attached hydrogens (tertiary/aromatic N) is 1. The summed E-state index contributed by atoms with van der Waals surface area (Å²) in [5, 5.41) is 0. The van der Waals surface area contributed by atoms with Crippen molar-refractivity contribution in [2.75, 3.05) is 19.5 Å². The molecule has 19 heavy (non-hydrogen) atoms. The van der Waals surface area contributed by atoms with Gasteiger partial charge in [-0.05, 0) is 24.8 Å². The largest absolute Gasteiger partial charge is 0.345 e. The highest BCUT2D eigenvalue weighted by molar-refractivity contribution is 6.17. The standard InChI is InChI=1S/C16H24ClNO/c1-3-15(14-10-6-4-7-11-14)16(19)18(2)13-9-5-8-12-17/h4,6-7,10-11,15H,3,5,8-9,12-13H2,1-2H3. The lowest BCUT2D eigenvalue weighted by molar-refractivity contribution is -0.131. The predicted molar refractivity (Wildman–Crippen MR) is 81.7 cm³/mol. The number of hydrogen-bond acceptors (Lipinski definition) is 1. The average Bonchev–Trinajstić information content (AvgIpc) is 2.45. The first kappa shape index (κ1) is 16.0. The summed E-state index contributed by atoms with van der Waals surface area (Å²) >= 11 is 5.65. The third-order valence-electron chi connectivity index (χ3n) is 3.41. The normalized spacial score (nSPS) is 12.2. The maximum atomic E-state index is 12.4. The lowest BCUT2D eigenvalue weighted by atomic mass is 9.95. The molecule has 0 saturated carbocycles. The van der Waals surface area contributed by atoms with Crippen molar-refractivity contribution < 1.29 is 4.79 Å². The van der Waals surface area contributed by atoms with Gasteiger partial charge in [-0.2, -0.15) is 0 Å². The molecule has 1 rings (SSSR count). The van der Waals surface area contributed by atoms with Crippen molar-refractivity contribution in [3.05, 3.63) is 35.9 Å². The highest BCUT2D eigenvalue weighted by Crippen LogP contribution is 2.21. The molecule has 0 N–H and O–H groups in total. The van der Waals surface area contributed by atoms with Crippen LogP contribution < -0.4 is 0 Å². The van der Waals surface area contributed by atoms with Gasteiger partial charge in [-0.3, -0.25) is 4.79 Å². The first-order valence-electron chi connectivity index (χ1n) is 7.06.